The number of hydrogen-bond donors (Lipinski definition) is 2. The molecule has 0 spiro atoms. The molecule has 1 unspecified atom stereocenters. The van der Waals surface area contributed by atoms with Gasteiger partial charge in [0.25, 0.3) is 0 Å². The molecule has 1 aliphatic heterocycles. The molecule has 0 saturated carbocycles. The quantitative estimate of drug-likeness (QED) is 0.876. The minimum Gasteiger partial charge on any atom is -0.393 e. The van der Waals surface area contributed by atoms with E-state index in [-0.39, 0.29) is 12.0 Å². The van der Waals surface area contributed by atoms with Crippen molar-refractivity contribution < 1.29 is 13.5 Å². The van der Waals surface area contributed by atoms with Crippen LogP contribution < -0.4 is 5.73 Å². The van der Waals surface area contributed by atoms with E-state index < -0.39 is 10.0 Å². The summed E-state index contributed by atoms with van der Waals surface area (Å²) in [6, 6.07) is 5.33. The molecule has 0 aromatic heterocycles. The van der Waals surface area contributed by atoms with Gasteiger partial charge in [0.05, 0.1) is 11.0 Å². The smallest absolute Gasteiger partial charge is 0.243 e. The van der Waals surface area contributed by atoms with Crippen LogP contribution in [0, 0.1) is 12.8 Å². The first kappa shape index (κ1) is 16.4. The Morgan fingerprint density at radius 3 is 2.52 bits per heavy atom. The molecular weight excluding hydrogens is 288 g/mol. The van der Waals surface area contributed by atoms with E-state index in [0.29, 0.717) is 37.4 Å². The van der Waals surface area contributed by atoms with E-state index in [1.165, 1.54) is 4.31 Å². The number of aliphatic hydroxyl groups is 1. The maximum atomic E-state index is 12.8. The molecule has 0 aliphatic carbocycles. The summed E-state index contributed by atoms with van der Waals surface area (Å²) < 4.78 is 27.1. The lowest BCUT2D eigenvalue weighted by Crippen LogP contribution is -2.40. The first-order valence-electron chi connectivity index (χ1n) is 7.34. The third kappa shape index (κ3) is 3.45. The van der Waals surface area contributed by atoms with Crippen molar-refractivity contribution in [1.29, 1.82) is 0 Å². The Morgan fingerprint density at radius 1 is 1.38 bits per heavy atom. The van der Waals surface area contributed by atoms with E-state index in [2.05, 4.69) is 0 Å². The third-order valence-corrected chi connectivity index (χ3v) is 6.33. The Balaban J connectivity index is 2.23. The van der Waals surface area contributed by atoms with Crippen LogP contribution >= 0.6 is 0 Å². The lowest BCUT2D eigenvalue weighted by atomic mass is 9.93. The van der Waals surface area contributed by atoms with Gasteiger partial charge in [-0.15, -0.1) is 0 Å². The number of sulfonamides is 1. The van der Waals surface area contributed by atoms with Gasteiger partial charge in [-0.2, -0.15) is 4.31 Å². The fourth-order valence-electron chi connectivity index (χ4n) is 2.79. The maximum absolute atomic E-state index is 12.8. The van der Waals surface area contributed by atoms with Crippen LogP contribution in [0.2, 0.25) is 0 Å². The summed E-state index contributed by atoms with van der Waals surface area (Å²) in [4.78, 5) is 0.348. The van der Waals surface area contributed by atoms with Crippen molar-refractivity contribution >= 4 is 10.0 Å². The summed E-state index contributed by atoms with van der Waals surface area (Å²) >= 11 is 0. The maximum Gasteiger partial charge on any atom is 0.243 e. The summed E-state index contributed by atoms with van der Waals surface area (Å²) in [7, 11) is -3.48. The second-order valence-corrected chi connectivity index (χ2v) is 7.69. The first-order chi connectivity index (χ1) is 9.86. The molecule has 1 atom stereocenters. The van der Waals surface area contributed by atoms with E-state index in [1.54, 1.807) is 26.0 Å². The van der Waals surface area contributed by atoms with Gasteiger partial charge in [0.15, 0.2) is 0 Å². The number of benzene rings is 1. The summed E-state index contributed by atoms with van der Waals surface area (Å²) in [6.07, 6.45) is 1.02. The topological polar surface area (TPSA) is 83.6 Å². The van der Waals surface area contributed by atoms with Crippen LogP contribution in [0.25, 0.3) is 0 Å². The molecule has 2 rings (SSSR count). The molecule has 1 fully saturated rings. The van der Waals surface area contributed by atoms with Gasteiger partial charge >= 0.3 is 0 Å². The van der Waals surface area contributed by atoms with Crippen molar-refractivity contribution in [1.82, 2.24) is 4.31 Å². The van der Waals surface area contributed by atoms with E-state index in [0.717, 1.165) is 11.1 Å². The van der Waals surface area contributed by atoms with Crippen LogP contribution in [0.5, 0.6) is 0 Å². The zero-order valence-electron chi connectivity index (χ0n) is 12.6. The van der Waals surface area contributed by atoms with Crippen molar-refractivity contribution in [3.05, 3.63) is 29.3 Å². The van der Waals surface area contributed by atoms with E-state index >= 15 is 0 Å². The van der Waals surface area contributed by atoms with Gasteiger partial charge < -0.3 is 10.8 Å². The predicted molar refractivity (Wildman–Crippen MR) is 82.2 cm³/mol. The number of piperidine rings is 1. The van der Waals surface area contributed by atoms with Crippen LogP contribution in [0.1, 0.15) is 30.9 Å². The van der Waals surface area contributed by atoms with Crippen molar-refractivity contribution in [2.45, 2.75) is 44.2 Å². The van der Waals surface area contributed by atoms with Crippen LogP contribution in [0.15, 0.2) is 23.1 Å². The summed E-state index contributed by atoms with van der Waals surface area (Å²) in [5, 5.41) is 9.61. The highest BCUT2D eigenvalue weighted by Gasteiger charge is 2.31. The summed E-state index contributed by atoms with van der Waals surface area (Å²) in [5.41, 5.74) is 7.16. The highest BCUT2D eigenvalue weighted by Crippen LogP contribution is 2.27. The standard InChI is InChI=1S/C15H24N2O3S/c1-11-3-4-13(10-16)9-15(11)21(19,20)17-7-5-14(6-8-17)12(2)18/h3-4,9,12,14,18H,5-8,10,16H2,1-2H3. The van der Waals surface area contributed by atoms with Gasteiger partial charge in [-0.1, -0.05) is 12.1 Å². The van der Waals surface area contributed by atoms with Crippen LogP contribution in [-0.2, 0) is 16.6 Å². The van der Waals surface area contributed by atoms with Gasteiger partial charge in [0, 0.05) is 19.6 Å². The van der Waals surface area contributed by atoms with Crippen LogP contribution in [-0.4, -0.2) is 37.0 Å². The minimum atomic E-state index is -3.48. The zero-order chi connectivity index (χ0) is 15.6. The molecule has 3 N–H and O–H groups in total. The zero-order valence-corrected chi connectivity index (χ0v) is 13.4. The summed E-state index contributed by atoms with van der Waals surface area (Å²) in [6.45, 7) is 4.82. The third-order valence-electron chi connectivity index (χ3n) is 4.29. The number of hydrogen-bond acceptors (Lipinski definition) is 4. The molecule has 0 radical (unpaired) electrons. The van der Waals surface area contributed by atoms with Gasteiger partial charge in [0.2, 0.25) is 10.0 Å². The molecular formula is C15H24N2O3S. The molecule has 1 aromatic rings. The Kier molecular flexibility index (Phi) is 5.03. The molecule has 0 amide bonds. The SMILES string of the molecule is Cc1ccc(CN)cc1S(=O)(=O)N1CCC(C(C)O)CC1. The molecule has 1 aromatic carbocycles. The van der Waals surface area contributed by atoms with Gasteiger partial charge in [0.1, 0.15) is 0 Å². The highest BCUT2D eigenvalue weighted by atomic mass is 32.2. The second-order valence-electron chi connectivity index (χ2n) is 5.79. The van der Waals surface area contributed by atoms with Gasteiger partial charge in [-0.3, -0.25) is 0 Å². The fraction of sp³-hybridized carbons (Fsp3) is 0.600. The number of nitrogens with zero attached hydrogens (tertiary/aromatic N) is 1. The first-order valence-corrected chi connectivity index (χ1v) is 8.78. The number of nitrogens with two attached hydrogens (primary N) is 1. The van der Waals surface area contributed by atoms with E-state index in [4.69, 9.17) is 5.73 Å². The van der Waals surface area contributed by atoms with Crippen molar-refractivity contribution in [3.8, 4) is 0 Å². The molecule has 1 aliphatic rings. The fourth-order valence-corrected chi connectivity index (χ4v) is 4.53. The van der Waals surface area contributed by atoms with Crippen LogP contribution in [0.4, 0.5) is 0 Å². The second kappa shape index (κ2) is 6.44. The largest absolute Gasteiger partial charge is 0.393 e. The van der Waals surface area contributed by atoms with E-state index in [1.807, 2.05) is 6.07 Å². The molecule has 21 heavy (non-hydrogen) atoms. The number of aryl methyl sites for hydroxylation is 1. The van der Waals surface area contributed by atoms with Gasteiger partial charge in [-0.05, 0) is 49.8 Å². The Labute approximate surface area is 126 Å². The number of rotatable bonds is 4. The number of aliphatic hydroxyl groups excluding tert-OH is 1. The normalized spacial score (nSPS) is 19.6. The molecule has 1 saturated heterocycles. The molecule has 118 valence electrons. The van der Waals surface area contributed by atoms with E-state index in [9.17, 15) is 13.5 Å². The average Bonchev–Trinajstić information content (AvgIpc) is 2.47. The lowest BCUT2D eigenvalue weighted by Gasteiger charge is -2.32. The van der Waals surface area contributed by atoms with Crippen molar-refractivity contribution in [2.24, 2.45) is 11.7 Å². The molecule has 5 nitrogen and oxygen atoms in total. The molecule has 1 heterocycles. The average molecular weight is 312 g/mol. The highest BCUT2D eigenvalue weighted by molar-refractivity contribution is 7.89. The summed E-state index contributed by atoms with van der Waals surface area (Å²) in [5.74, 6) is 0.188. The van der Waals surface area contributed by atoms with Crippen molar-refractivity contribution in [2.75, 3.05) is 13.1 Å². The predicted octanol–water partition coefficient (Wildman–Crippen LogP) is 1.24. The Morgan fingerprint density at radius 2 is 2.00 bits per heavy atom. The van der Waals surface area contributed by atoms with Gasteiger partial charge in [-0.25, -0.2) is 8.42 Å². The van der Waals surface area contributed by atoms with Crippen LogP contribution in [0.3, 0.4) is 0 Å². The lowest BCUT2D eigenvalue weighted by molar-refractivity contribution is 0.0912. The molecule has 0 bridgehead atoms. The Hall–Kier alpha value is -0.950. The minimum absolute atomic E-state index is 0.188. The van der Waals surface area contributed by atoms with Crippen molar-refractivity contribution in [3.63, 3.8) is 0 Å². The monoisotopic (exact) mass is 312 g/mol. The Bertz CT molecular complexity index is 591. The molecule has 6 heteroatoms.